The summed E-state index contributed by atoms with van der Waals surface area (Å²) in [6, 6.07) is 11.8. The van der Waals surface area contributed by atoms with Gasteiger partial charge in [0.25, 0.3) is 5.91 Å². The van der Waals surface area contributed by atoms with Crippen LogP contribution in [0.25, 0.3) is 0 Å². The standard InChI is InChI=1S/C32H45N3O4/c1-9-21(3)27(34-31(38)39-32(6,7)8)30(37)35(24-14-12-15-24)28(25-18-17-20(2)19-23(25)5)29(36)33-26-16-11-10-13-22(26)4/h10-11,13,16-19,21,24,27-28H,9,12,14-15H2,1-8H3,(H,33,36)(H,34,38). The van der Waals surface area contributed by atoms with Crippen molar-refractivity contribution in [3.05, 3.63) is 64.7 Å². The zero-order valence-electron chi connectivity index (χ0n) is 24.8. The van der Waals surface area contributed by atoms with E-state index in [1.807, 2.05) is 77.1 Å². The van der Waals surface area contributed by atoms with Crippen LogP contribution < -0.4 is 10.6 Å². The van der Waals surface area contributed by atoms with E-state index in [0.717, 1.165) is 41.5 Å². The van der Waals surface area contributed by atoms with Crippen molar-refractivity contribution in [2.75, 3.05) is 5.32 Å². The van der Waals surface area contributed by atoms with Gasteiger partial charge in [-0.1, -0.05) is 62.2 Å². The molecule has 0 saturated heterocycles. The number of anilines is 1. The molecule has 0 heterocycles. The zero-order valence-corrected chi connectivity index (χ0v) is 24.8. The molecule has 212 valence electrons. The number of para-hydroxylation sites is 1. The maximum atomic E-state index is 14.5. The Kier molecular flexibility index (Phi) is 9.81. The van der Waals surface area contributed by atoms with Crippen LogP contribution in [0.1, 0.15) is 88.6 Å². The van der Waals surface area contributed by atoms with E-state index in [1.165, 1.54) is 0 Å². The van der Waals surface area contributed by atoms with Crippen LogP contribution in [0.3, 0.4) is 0 Å². The summed E-state index contributed by atoms with van der Waals surface area (Å²) < 4.78 is 5.51. The third-order valence-electron chi connectivity index (χ3n) is 7.52. The van der Waals surface area contributed by atoms with E-state index < -0.39 is 23.8 Å². The predicted octanol–water partition coefficient (Wildman–Crippen LogP) is 6.61. The summed E-state index contributed by atoms with van der Waals surface area (Å²) in [5.41, 5.74) is 3.76. The van der Waals surface area contributed by atoms with Crippen LogP contribution in [0.15, 0.2) is 42.5 Å². The number of ether oxygens (including phenoxy) is 1. The Morgan fingerprint density at radius 3 is 2.23 bits per heavy atom. The smallest absolute Gasteiger partial charge is 0.408 e. The molecular weight excluding hydrogens is 490 g/mol. The topological polar surface area (TPSA) is 87.7 Å². The Morgan fingerprint density at radius 1 is 1.03 bits per heavy atom. The van der Waals surface area contributed by atoms with Crippen LogP contribution in [0.5, 0.6) is 0 Å². The lowest BCUT2D eigenvalue weighted by atomic mass is 9.86. The first-order chi connectivity index (χ1) is 18.3. The summed E-state index contributed by atoms with van der Waals surface area (Å²) in [5, 5.41) is 5.95. The Bertz CT molecular complexity index is 1180. The Hall–Kier alpha value is -3.35. The minimum absolute atomic E-state index is 0.0992. The van der Waals surface area contributed by atoms with Gasteiger partial charge in [-0.25, -0.2) is 4.79 Å². The normalized spacial score (nSPS) is 15.9. The second-order valence-electron chi connectivity index (χ2n) is 11.9. The fourth-order valence-electron chi connectivity index (χ4n) is 4.93. The number of alkyl carbamates (subject to hydrolysis) is 1. The highest BCUT2D eigenvalue weighted by Gasteiger charge is 2.43. The first kappa shape index (κ1) is 30.2. The van der Waals surface area contributed by atoms with E-state index in [9.17, 15) is 14.4 Å². The van der Waals surface area contributed by atoms with Crippen molar-refractivity contribution in [1.29, 1.82) is 0 Å². The van der Waals surface area contributed by atoms with Gasteiger partial charge in [0.15, 0.2) is 0 Å². The number of benzene rings is 2. The fourth-order valence-corrected chi connectivity index (χ4v) is 4.93. The van der Waals surface area contributed by atoms with Gasteiger partial charge < -0.3 is 20.3 Å². The Morgan fingerprint density at radius 2 is 1.69 bits per heavy atom. The van der Waals surface area contributed by atoms with Gasteiger partial charge >= 0.3 is 6.09 Å². The van der Waals surface area contributed by atoms with Gasteiger partial charge in [-0.2, -0.15) is 0 Å². The molecular formula is C32H45N3O4. The van der Waals surface area contributed by atoms with Crippen molar-refractivity contribution in [3.63, 3.8) is 0 Å². The van der Waals surface area contributed by atoms with Crippen molar-refractivity contribution >= 4 is 23.6 Å². The maximum Gasteiger partial charge on any atom is 0.408 e. The molecule has 0 aromatic heterocycles. The summed E-state index contributed by atoms with van der Waals surface area (Å²) in [5.74, 6) is -0.687. The number of rotatable bonds is 9. The van der Waals surface area contributed by atoms with E-state index >= 15 is 0 Å². The summed E-state index contributed by atoms with van der Waals surface area (Å²) in [4.78, 5) is 43.2. The van der Waals surface area contributed by atoms with Gasteiger partial charge in [-0.15, -0.1) is 0 Å². The van der Waals surface area contributed by atoms with Gasteiger partial charge in [-0.05, 0) is 89.5 Å². The van der Waals surface area contributed by atoms with E-state index in [1.54, 1.807) is 25.7 Å². The zero-order chi connectivity index (χ0) is 28.9. The average molecular weight is 536 g/mol. The molecule has 2 aromatic carbocycles. The molecule has 39 heavy (non-hydrogen) atoms. The van der Waals surface area contributed by atoms with Crippen LogP contribution in [-0.4, -0.2) is 40.5 Å². The maximum absolute atomic E-state index is 14.5. The second kappa shape index (κ2) is 12.7. The summed E-state index contributed by atoms with van der Waals surface area (Å²) in [7, 11) is 0. The first-order valence-corrected chi connectivity index (χ1v) is 14.1. The molecule has 3 amide bonds. The predicted molar refractivity (Wildman–Crippen MR) is 156 cm³/mol. The highest BCUT2D eigenvalue weighted by molar-refractivity contribution is 5.99. The molecule has 3 atom stereocenters. The van der Waals surface area contributed by atoms with Crippen molar-refractivity contribution < 1.29 is 19.1 Å². The van der Waals surface area contributed by atoms with Crippen molar-refractivity contribution in [2.45, 2.75) is 105 Å². The van der Waals surface area contributed by atoms with E-state index in [4.69, 9.17) is 4.74 Å². The SMILES string of the molecule is CCC(C)C(NC(=O)OC(C)(C)C)C(=O)N(C1CCC1)C(C(=O)Nc1ccccc1C)c1ccc(C)cc1C. The number of hydrogen-bond donors (Lipinski definition) is 2. The second-order valence-corrected chi connectivity index (χ2v) is 11.9. The molecule has 7 heteroatoms. The van der Waals surface area contributed by atoms with Gasteiger partial charge in [0.05, 0.1) is 0 Å². The molecule has 1 aliphatic rings. The summed E-state index contributed by atoms with van der Waals surface area (Å²) in [6.07, 6.45) is 2.65. The van der Waals surface area contributed by atoms with Gasteiger partial charge in [0, 0.05) is 11.7 Å². The first-order valence-electron chi connectivity index (χ1n) is 14.1. The van der Waals surface area contributed by atoms with E-state index in [2.05, 4.69) is 10.6 Å². The van der Waals surface area contributed by atoms with Gasteiger partial charge in [0.2, 0.25) is 5.91 Å². The average Bonchev–Trinajstić information content (AvgIpc) is 2.81. The molecule has 0 bridgehead atoms. The lowest BCUT2D eigenvalue weighted by Crippen LogP contribution is -2.58. The number of hydrogen-bond acceptors (Lipinski definition) is 4. The van der Waals surface area contributed by atoms with Crippen molar-refractivity contribution in [1.82, 2.24) is 10.2 Å². The molecule has 3 unspecified atom stereocenters. The number of amides is 3. The van der Waals surface area contributed by atoms with Crippen LogP contribution in [0.4, 0.5) is 10.5 Å². The molecule has 1 aliphatic carbocycles. The van der Waals surface area contributed by atoms with Crippen LogP contribution >= 0.6 is 0 Å². The highest BCUT2D eigenvalue weighted by Crippen LogP contribution is 2.36. The summed E-state index contributed by atoms with van der Waals surface area (Å²) in [6.45, 7) is 15.2. The molecule has 0 spiro atoms. The van der Waals surface area contributed by atoms with E-state index in [0.29, 0.717) is 12.1 Å². The Balaban J connectivity index is 2.08. The van der Waals surface area contributed by atoms with Crippen molar-refractivity contribution in [2.24, 2.45) is 5.92 Å². The number of carbonyl (C=O) groups excluding carboxylic acids is 3. The minimum atomic E-state index is -0.852. The molecule has 7 nitrogen and oxygen atoms in total. The van der Waals surface area contributed by atoms with E-state index in [-0.39, 0.29) is 23.8 Å². The summed E-state index contributed by atoms with van der Waals surface area (Å²) >= 11 is 0. The number of nitrogens with zero attached hydrogens (tertiary/aromatic N) is 1. The quantitative estimate of drug-likeness (QED) is 0.378. The molecule has 1 saturated carbocycles. The number of carbonyl (C=O) groups is 3. The van der Waals surface area contributed by atoms with Gasteiger partial charge in [0.1, 0.15) is 17.7 Å². The monoisotopic (exact) mass is 535 g/mol. The fraction of sp³-hybridized carbons (Fsp3) is 0.531. The lowest BCUT2D eigenvalue weighted by Gasteiger charge is -2.44. The van der Waals surface area contributed by atoms with Crippen LogP contribution in [-0.2, 0) is 14.3 Å². The van der Waals surface area contributed by atoms with Crippen LogP contribution in [0, 0.1) is 26.7 Å². The third kappa shape index (κ3) is 7.61. The Labute approximate surface area is 233 Å². The molecule has 1 fully saturated rings. The highest BCUT2D eigenvalue weighted by atomic mass is 16.6. The molecule has 2 aromatic rings. The number of nitrogens with one attached hydrogen (secondary N) is 2. The molecule has 0 radical (unpaired) electrons. The van der Waals surface area contributed by atoms with Gasteiger partial charge in [-0.3, -0.25) is 9.59 Å². The van der Waals surface area contributed by atoms with Crippen molar-refractivity contribution in [3.8, 4) is 0 Å². The minimum Gasteiger partial charge on any atom is -0.444 e. The number of aryl methyl sites for hydroxylation is 3. The largest absolute Gasteiger partial charge is 0.444 e. The van der Waals surface area contributed by atoms with Crippen LogP contribution in [0.2, 0.25) is 0 Å². The molecule has 2 N–H and O–H groups in total. The third-order valence-corrected chi connectivity index (χ3v) is 7.52. The molecule has 3 rings (SSSR count). The molecule has 0 aliphatic heterocycles. The lowest BCUT2D eigenvalue weighted by molar-refractivity contribution is -0.147.